The topological polar surface area (TPSA) is 78.9 Å². The summed E-state index contributed by atoms with van der Waals surface area (Å²) in [5.74, 6) is 0.528. The highest BCUT2D eigenvalue weighted by Crippen LogP contribution is 2.39. The van der Waals surface area contributed by atoms with Crippen LogP contribution in [0.1, 0.15) is 48.1 Å². The van der Waals surface area contributed by atoms with E-state index >= 15 is 0 Å². The zero-order valence-corrected chi connectivity index (χ0v) is 17.4. The molecule has 2 aromatic rings. The van der Waals surface area contributed by atoms with Gasteiger partial charge in [0.1, 0.15) is 5.75 Å². The van der Waals surface area contributed by atoms with Crippen molar-refractivity contribution in [3.63, 3.8) is 0 Å². The fraction of sp³-hybridized carbons (Fsp3) is 0.417. The molecule has 3 unspecified atom stereocenters. The molecule has 2 aromatic carbocycles. The number of nitrogens with one attached hydrogen (secondary N) is 1. The van der Waals surface area contributed by atoms with E-state index in [-0.39, 0.29) is 17.7 Å². The molecule has 2 amide bonds. The number of amides is 2. The summed E-state index contributed by atoms with van der Waals surface area (Å²) in [5.41, 5.74) is 0.313. The molecule has 1 aliphatic carbocycles. The highest BCUT2D eigenvalue weighted by molar-refractivity contribution is 5.95. The number of nitrogens with zero attached hydrogens (tertiary/aromatic N) is 1. The van der Waals surface area contributed by atoms with Crippen LogP contribution in [0.4, 0.5) is 0 Å². The van der Waals surface area contributed by atoms with Gasteiger partial charge < -0.3 is 20.1 Å². The number of likely N-dealkylation sites (tertiary alicyclic amines) is 1. The van der Waals surface area contributed by atoms with Gasteiger partial charge in [-0.15, -0.1) is 0 Å². The highest BCUT2D eigenvalue weighted by atomic mass is 16.5. The second kappa shape index (κ2) is 8.11. The van der Waals surface area contributed by atoms with Gasteiger partial charge in [-0.2, -0.15) is 0 Å². The lowest BCUT2D eigenvalue weighted by Crippen LogP contribution is -2.63. The summed E-state index contributed by atoms with van der Waals surface area (Å²) in [6.07, 6.45) is 2.14. The van der Waals surface area contributed by atoms with Gasteiger partial charge in [-0.05, 0) is 56.0 Å². The monoisotopic (exact) mass is 408 g/mol. The molecular formula is C24H28N2O4. The van der Waals surface area contributed by atoms with Gasteiger partial charge in [0.25, 0.3) is 5.91 Å². The number of carbonyl (C=O) groups excluding carboxylic acids is 2. The van der Waals surface area contributed by atoms with Crippen molar-refractivity contribution in [1.82, 2.24) is 10.2 Å². The summed E-state index contributed by atoms with van der Waals surface area (Å²) in [7, 11) is 1.59. The first-order chi connectivity index (χ1) is 14.4. The molecule has 2 aliphatic rings. The first kappa shape index (κ1) is 20.4. The molecule has 6 nitrogen and oxygen atoms in total. The summed E-state index contributed by atoms with van der Waals surface area (Å²) in [6, 6.07) is 15.6. The van der Waals surface area contributed by atoms with Crippen LogP contribution in [0.15, 0.2) is 54.6 Å². The number of ether oxygens (including phenoxy) is 1. The first-order valence-corrected chi connectivity index (χ1v) is 10.4. The molecular weight excluding hydrogens is 380 g/mol. The lowest BCUT2D eigenvalue weighted by molar-refractivity contribution is -0.128. The zero-order chi connectivity index (χ0) is 21.3. The van der Waals surface area contributed by atoms with Gasteiger partial charge in [0.2, 0.25) is 5.91 Å². The van der Waals surface area contributed by atoms with Crippen molar-refractivity contribution in [2.75, 3.05) is 13.7 Å². The fourth-order valence-corrected chi connectivity index (χ4v) is 4.16. The van der Waals surface area contributed by atoms with Crippen LogP contribution in [0.5, 0.6) is 5.75 Å². The summed E-state index contributed by atoms with van der Waals surface area (Å²) < 4.78 is 5.20. The largest absolute Gasteiger partial charge is 0.497 e. The molecule has 3 atom stereocenters. The van der Waals surface area contributed by atoms with E-state index in [1.807, 2.05) is 30.3 Å². The predicted octanol–water partition coefficient (Wildman–Crippen LogP) is 2.93. The van der Waals surface area contributed by atoms with Crippen molar-refractivity contribution in [1.29, 1.82) is 0 Å². The second-order valence-corrected chi connectivity index (χ2v) is 8.45. The van der Waals surface area contributed by atoms with E-state index in [0.717, 1.165) is 18.4 Å². The average molecular weight is 408 g/mol. The molecule has 1 saturated heterocycles. The third-order valence-electron chi connectivity index (χ3n) is 6.17. The maximum atomic E-state index is 13.5. The van der Waals surface area contributed by atoms with Gasteiger partial charge in [-0.25, -0.2) is 0 Å². The number of hydrogen-bond acceptors (Lipinski definition) is 4. The zero-order valence-electron chi connectivity index (χ0n) is 17.4. The second-order valence-electron chi connectivity index (χ2n) is 8.45. The number of rotatable bonds is 5. The van der Waals surface area contributed by atoms with Crippen molar-refractivity contribution < 1.29 is 19.4 Å². The number of aliphatic hydroxyl groups is 1. The molecule has 1 heterocycles. The molecule has 30 heavy (non-hydrogen) atoms. The summed E-state index contributed by atoms with van der Waals surface area (Å²) in [5, 5.41) is 14.3. The summed E-state index contributed by atoms with van der Waals surface area (Å²) in [6.45, 7) is 2.14. The van der Waals surface area contributed by atoms with Gasteiger partial charge in [-0.3, -0.25) is 9.59 Å². The Labute approximate surface area is 176 Å². The number of piperidine rings is 1. The van der Waals surface area contributed by atoms with Gasteiger partial charge in [-0.1, -0.05) is 30.3 Å². The van der Waals surface area contributed by atoms with Crippen LogP contribution in [0, 0.1) is 5.92 Å². The van der Waals surface area contributed by atoms with Crippen LogP contribution in [0.25, 0.3) is 0 Å². The van der Waals surface area contributed by atoms with E-state index in [1.54, 1.807) is 43.2 Å². The Hall–Kier alpha value is -2.86. The van der Waals surface area contributed by atoms with Crippen LogP contribution in [0.3, 0.4) is 0 Å². The maximum Gasteiger partial charge on any atom is 0.254 e. The van der Waals surface area contributed by atoms with E-state index in [1.165, 1.54) is 0 Å². The SMILES string of the molecule is COc1ccc(C(=O)N2CCC(C)(O)C(NC(=O)C3CC3)C2c2ccccc2)cc1. The Bertz CT molecular complexity index is 907. The summed E-state index contributed by atoms with van der Waals surface area (Å²) >= 11 is 0. The quantitative estimate of drug-likeness (QED) is 0.797. The molecule has 2 N–H and O–H groups in total. The van der Waals surface area contributed by atoms with Gasteiger partial charge >= 0.3 is 0 Å². The smallest absolute Gasteiger partial charge is 0.254 e. The van der Waals surface area contributed by atoms with E-state index in [4.69, 9.17) is 4.74 Å². The Balaban J connectivity index is 1.70. The molecule has 4 rings (SSSR count). The lowest BCUT2D eigenvalue weighted by atomic mass is 9.79. The Kier molecular flexibility index (Phi) is 5.52. The summed E-state index contributed by atoms with van der Waals surface area (Å²) in [4.78, 5) is 27.8. The normalized spacial score (nSPS) is 26.2. The van der Waals surface area contributed by atoms with E-state index in [9.17, 15) is 14.7 Å². The minimum Gasteiger partial charge on any atom is -0.497 e. The van der Waals surface area contributed by atoms with Crippen molar-refractivity contribution in [3.05, 3.63) is 65.7 Å². The van der Waals surface area contributed by atoms with Crippen molar-refractivity contribution in [2.45, 2.75) is 43.9 Å². The Morgan fingerprint density at radius 1 is 1.10 bits per heavy atom. The Morgan fingerprint density at radius 3 is 2.37 bits per heavy atom. The minimum absolute atomic E-state index is 0.0184. The molecule has 0 spiro atoms. The van der Waals surface area contributed by atoms with Crippen molar-refractivity contribution in [2.24, 2.45) is 5.92 Å². The van der Waals surface area contributed by atoms with Crippen LogP contribution in [0.2, 0.25) is 0 Å². The number of hydrogen-bond donors (Lipinski definition) is 2. The maximum absolute atomic E-state index is 13.5. The van der Waals surface area contributed by atoms with E-state index in [2.05, 4.69) is 5.32 Å². The first-order valence-electron chi connectivity index (χ1n) is 10.4. The molecule has 1 aliphatic heterocycles. The molecule has 158 valence electrons. The standard InChI is InChI=1S/C24H28N2O4/c1-24(29)14-15-26(23(28)18-10-12-19(30-2)13-11-18)20(16-6-4-3-5-7-16)21(24)25-22(27)17-8-9-17/h3-7,10-13,17,20-21,29H,8-9,14-15H2,1-2H3,(H,25,27). The van der Waals surface area contributed by atoms with Crippen LogP contribution in [-0.2, 0) is 4.79 Å². The highest BCUT2D eigenvalue weighted by Gasteiger charge is 2.48. The minimum atomic E-state index is -1.12. The third kappa shape index (κ3) is 4.05. The van der Waals surface area contributed by atoms with Crippen molar-refractivity contribution in [3.8, 4) is 5.75 Å². The van der Waals surface area contributed by atoms with E-state index < -0.39 is 17.7 Å². The lowest BCUT2D eigenvalue weighted by Gasteiger charge is -2.49. The number of methoxy groups -OCH3 is 1. The van der Waals surface area contributed by atoms with E-state index in [0.29, 0.717) is 24.3 Å². The average Bonchev–Trinajstić information content (AvgIpc) is 3.60. The molecule has 1 saturated carbocycles. The Morgan fingerprint density at radius 2 is 1.77 bits per heavy atom. The molecule has 0 radical (unpaired) electrons. The van der Waals surface area contributed by atoms with Gasteiger partial charge in [0.15, 0.2) is 0 Å². The van der Waals surface area contributed by atoms with Crippen molar-refractivity contribution >= 4 is 11.8 Å². The molecule has 2 fully saturated rings. The third-order valence-corrected chi connectivity index (χ3v) is 6.17. The number of carbonyl (C=O) groups is 2. The molecule has 0 aromatic heterocycles. The van der Waals surface area contributed by atoms with Crippen LogP contribution < -0.4 is 10.1 Å². The van der Waals surface area contributed by atoms with Crippen LogP contribution in [-0.4, -0.2) is 47.1 Å². The van der Waals surface area contributed by atoms with Crippen LogP contribution >= 0.6 is 0 Å². The number of benzene rings is 2. The molecule has 0 bridgehead atoms. The van der Waals surface area contributed by atoms with Gasteiger partial charge in [0, 0.05) is 18.0 Å². The predicted molar refractivity (Wildman–Crippen MR) is 113 cm³/mol. The fourth-order valence-electron chi connectivity index (χ4n) is 4.16. The molecule has 6 heteroatoms. The van der Waals surface area contributed by atoms with Gasteiger partial charge in [0.05, 0.1) is 24.8 Å².